The molecular formula is C13H15N3O4. The van der Waals surface area contributed by atoms with Crippen LogP contribution in [0.5, 0.6) is 11.5 Å². The smallest absolute Gasteiger partial charge is 0.314 e. The fourth-order valence-corrected chi connectivity index (χ4v) is 2.27. The Morgan fingerprint density at radius 3 is 2.75 bits per heavy atom. The number of para-hydroxylation sites is 1. The molecule has 0 spiro atoms. The molecule has 7 heteroatoms. The number of carbonyl (C=O) groups excluding carboxylic acids is 2. The number of fused-ring (bicyclic) bond motifs is 1. The third kappa shape index (κ3) is 2.22. The fourth-order valence-electron chi connectivity index (χ4n) is 2.27. The molecule has 2 aliphatic heterocycles. The average Bonchev–Trinajstić information content (AvgIpc) is 2.41. The Morgan fingerprint density at radius 1 is 1.25 bits per heavy atom. The zero-order chi connectivity index (χ0) is 14.1. The Balaban J connectivity index is 1.68. The molecule has 1 fully saturated rings. The summed E-state index contributed by atoms with van der Waals surface area (Å²) in [5.74, 6) is 0.820. The Labute approximate surface area is 115 Å². The summed E-state index contributed by atoms with van der Waals surface area (Å²) in [5, 5.41) is 2.84. The summed E-state index contributed by atoms with van der Waals surface area (Å²) in [6.45, 7) is 1.78. The lowest BCUT2D eigenvalue weighted by Gasteiger charge is -2.38. The molecule has 2 aliphatic rings. The van der Waals surface area contributed by atoms with Crippen molar-refractivity contribution in [3.05, 3.63) is 23.8 Å². The molecule has 0 saturated carbocycles. The highest BCUT2D eigenvalue weighted by Crippen LogP contribution is 2.33. The van der Waals surface area contributed by atoms with Crippen LogP contribution in [0, 0.1) is 0 Å². The summed E-state index contributed by atoms with van der Waals surface area (Å²) in [5.41, 5.74) is 5.57. The molecule has 1 saturated heterocycles. The second-order valence-electron chi connectivity index (χ2n) is 4.74. The summed E-state index contributed by atoms with van der Waals surface area (Å²) in [6, 6.07) is 4.66. The number of rotatable bonds is 2. The molecule has 1 aromatic carbocycles. The molecular weight excluding hydrogens is 262 g/mol. The van der Waals surface area contributed by atoms with Crippen LogP contribution in [-0.2, 0) is 0 Å². The van der Waals surface area contributed by atoms with Crippen molar-refractivity contribution in [2.75, 3.05) is 26.3 Å². The molecule has 0 aliphatic carbocycles. The van der Waals surface area contributed by atoms with Gasteiger partial charge in [-0.3, -0.25) is 4.79 Å². The topological polar surface area (TPSA) is 93.9 Å². The van der Waals surface area contributed by atoms with Gasteiger partial charge in [-0.25, -0.2) is 4.79 Å². The van der Waals surface area contributed by atoms with E-state index in [1.807, 2.05) is 0 Å². The number of benzene rings is 1. The second kappa shape index (κ2) is 4.92. The molecule has 20 heavy (non-hydrogen) atoms. The Bertz CT molecular complexity index is 555. The lowest BCUT2D eigenvalue weighted by atomic mass is 10.1. The maximum Gasteiger partial charge on any atom is 0.314 e. The molecule has 3 rings (SSSR count). The van der Waals surface area contributed by atoms with Crippen LogP contribution < -0.4 is 20.5 Å². The van der Waals surface area contributed by atoms with Gasteiger partial charge in [-0.1, -0.05) is 6.07 Å². The number of carbonyl (C=O) groups is 2. The Morgan fingerprint density at radius 2 is 2.00 bits per heavy atom. The first-order valence-electron chi connectivity index (χ1n) is 6.39. The zero-order valence-corrected chi connectivity index (χ0v) is 10.8. The molecule has 106 valence electrons. The minimum absolute atomic E-state index is 0.0737. The highest BCUT2D eigenvalue weighted by atomic mass is 16.6. The highest BCUT2D eigenvalue weighted by Gasteiger charge is 2.31. The Hall–Kier alpha value is -2.44. The van der Waals surface area contributed by atoms with Gasteiger partial charge < -0.3 is 25.4 Å². The van der Waals surface area contributed by atoms with Crippen molar-refractivity contribution >= 4 is 11.9 Å². The van der Waals surface area contributed by atoms with Crippen molar-refractivity contribution in [1.29, 1.82) is 0 Å². The van der Waals surface area contributed by atoms with Crippen molar-refractivity contribution in [1.82, 2.24) is 10.2 Å². The number of hydrogen-bond donors (Lipinski definition) is 2. The normalized spacial score (nSPS) is 17.3. The number of hydrogen-bond acceptors (Lipinski definition) is 4. The quantitative estimate of drug-likeness (QED) is 0.792. The molecule has 1 aromatic rings. The van der Waals surface area contributed by atoms with Gasteiger partial charge in [-0.05, 0) is 12.1 Å². The van der Waals surface area contributed by atoms with Crippen LogP contribution in [0.15, 0.2) is 18.2 Å². The Kier molecular flexibility index (Phi) is 3.09. The van der Waals surface area contributed by atoms with Crippen LogP contribution in [0.4, 0.5) is 4.79 Å². The molecule has 0 atom stereocenters. The second-order valence-corrected chi connectivity index (χ2v) is 4.74. The molecule has 0 radical (unpaired) electrons. The van der Waals surface area contributed by atoms with Gasteiger partial charge in [0, 0.05) is 13.1 Å². The van der Waals surface area contributed by atoms with Gasteiger partial charge in [0.25, 0.3) is 5.91 Å². The first-order valence-corrected chi connectivity index (χ1v) is 6.39. The van der Waals surface area contributed by atoms with Crippen molar-refractivity contribution in [3.8, 4) is 11.5 Å². The van der Waals surface area contributed by atoms with E-state index in [4.69, 9.17) is 15.2 Å². The largest absolute Gasteiger partial charge is 0.486 e. The van der Waals surface area contributed by atoms with E-state index >= 15 is 0 Å². The van der Waals surface area contributed by atoms with E-state index in [-0.39, 0.29) is 11.9 Å². The van der Waals surface area contributed by atoms with E-state index in [0.717, 1.165) is 0 Å². The minimum Gasteiger partial charge on any atom is -0.486 e. The number of ether oxygens (including phenoxy) is 2. The number of likely N-dealkylation sites (tertiary alicyclic amines) is 1. The molecule has 0 unspecified atom stereocenters. The van der Waals surface area contributed by atoms with Gasteiger partial charge in [-0.15, -0.1) is 0 Å². The van der Waals surface area contributed by atoms with Crippen LogP contribution in [0.25, 0.3) is 0 Å². The first kappa shape index (κ1) is 12.6. The van der Waals surface area contributed by atoms with Crippen molar-refractivity contribution < 1.29 is 19.1 Å². The van der Waals surface area contributed by atoms with Gasteiger partial charge in [0.2, 0.25) is 0 Å². The van der Waals surface area contributed by atoms with Gasteiger partial charge in [-0.2, -0.15) is 0 Å². The average molecular weight is 277 g/mol. The van der Waals surface area contributed by atoms with E-state index in [1.54, 1.807) is 18.2 Å². The molecule has 0 bridgehead atoms. The van der Waals surface area contributed by atoms with Gasteiger partial charge >= 0.3 is 6.03 Å². The maximum absolute atomic E-state index is 12.2. The molecule has 3 amide bonds. The SMILES string of the molecule is NC(=O)N1CC(NC(=O)c2cccc3c2OCCO3)C1. The summed E-state index contributed by atoms with van der Waals surface area (Å²) in [4.78, 5) is 24.6. The number of urea groups is 1. The minimum atomic E-state index is -0.468. The van der Waals surface area contributed by atoms with Crippen LogP contribution in [-0.4, -0.2) is 49.2 Å². The summed E-state index contributed by atoms with van der Waals surface area (Å²) in [7, 11) is 0. The van der Waals surface area contributed by atoms with E-state index in [1.165, 1.54) is 4.90 Å². The summed E-state index contributed by atoms with van der Waals surface area (Å²) < 4.78 is 10.9. The fraction of sp³-hybridized carbons (Fsp3) is 0.385. The molecule has 2 heterocycles. The van der Waals surface area contributed by atoms with Gasteiger partial charge in [0.1, 0.15) is 13.2 Å². The highest BCUT2D eigenvalue weighted by molar-refractivity contribution is 5.98. The van der Waals surface area contributed by atoms with Crippen LogP contribution in [0.2, 0.25) is 0 Å². The van der Waals surface area contributed by atoms with E-state index in [0.29, 0.717) is 43.4 Å². The molecule has 0 aromatic heterocycles. The standard InChI is InChI=1S/C13H15N3O4/c14-13(18)16-6-8(7-16)15-12(17)9-2-1-3-10-11(9)20-5-4-19-10/h1-3,8H,4-7H2,(H2,14,18)(H,15,17). The van der Waals surface area contributed by atoms with E-state index in [9.17, 15) is 9.59 Å². The summed E-state index contributed by atoms with van der Waals surface area (Å²) >= 11 is 0. The zero-order valence-electron chi connectivity index (χ0n) is 10.8. The number of amides is 3. The number of nitrogens with zero attached hydrogens (tertiary/aromatic N) is 1. The third-order valence-electron chi connectivity index (χ3n) is 3.34. The van der Waals surface area contributed by atoms with Crippen LogP contribution in [0.1, 0.15) is 10.4 Å². The number of nitrogens with two attached hydrogens (primary N) is 1. The monoisotopic (exact) mass is 277 g/mol. The predicted molar refractivity (Wildman–Crippen MR) is 69.8 cm³/mol. The molecule has 3 N–H and O–H groups in total. The maximum atomic E-state index is 12.2. The first-order chi connectivity index (χ1) is 9.65. The lowest BCUT2D eigenvalue weighted by Crippen LogP contribution is -2.62. The lowest BCUT2D eigenvalue weighted by molar-refractivity contribution is 0.0851. The van der Waals surface area contributed by atoms with Crippen molar-refractivity contribution in [2.45, 2.75) is 6.04 Å². The van der Waals surface area contributed by atoms with Crippen molar-refractivity contribution in [2.24, 2.45) is 5.73 Å². The van der Waals surface area contributed by atoms with Gasteiger partial charge in [0.05, 0.1) is 11.6 Å². The number of primary amides is 1. The number of nitrogens with one attached hydrogen (secondary N) is 1. The van der Waals surface area contributed by atoms with Gasteiger partial charge in [0.15, 0.2) is 11.5 Å². The molecule has 7 nitrogen and oxygen atoms in total. The van der Waals surface area contributed by atoms with E-state index < -0.39 is 6.03 Å². The summed E-state index contributed by atoms with van der Waals surface area (Å²) in [6.07, 6.45) is 0. The van der Waals surface area contributed by atoms with Crippen LogP contribution >= 0.6 is 0 Å². The van der Waals surface area contributed by atoms with Crippen molar-refractivity contribution in [3.63, 3.8) is 0 Å². The third-order valence-corrected chi connectivity index (χ3v) is 3.34. The van der Waals surface area contributed by atoms with E-state index in [2.05, 4.69) is 5.32 Å². The predicted octanol–water partition coefficient (Wildman–Crippen LogP) is -0.0495. The van der Waals surface area contributed by atoms with Crippen LogP contribution in [0.3, 0.4) is 0 Å².